The minimum atomic E-state index is -3.40. The molecule has 0 aromatic heterocycles. The molecule has 9 heteroatoms. The summed E-state index contributed by atoms with van der Waals surface area (Å²) < 4.78 is 32.2. The lowest BCUT2D eigenvalue weighted by Crippen LogP contribution is -2.53. The number of sulfonamides is 1. The molecule has 2 heterocycles. The van der Waals surface area contributed by atoms with E-state index in [0.29, 0.717) is 58.7 Å². The molecule has 0 aliphatic carbocycles. The van der Waals surface area contributed by atoms with E-state index >= 15 is 0 Å². The molecule has 2 fully saturated rings. The highest BCUT2D eigenvalue weighted by Gasteiger charge is 2.34. The monoisotopic (exact) mass is 437 g/mol. The molecule has 1 aromatic rings. The van der Waals surface area contributed by atoms with Gasteiger partial charge in [0, 0.05) is 45.2 Å². The molecule has 8 nitrogen and oxygen atoms in total. The van der Waals surface area contributed by atoms with Crippen LogP contribution >= 0.6 is 0 Å². The summed E-state index contributed by atoms with van der Waals surface area (Å²) >= 11 is 0. The highest BCUT2D eigenvalue weighted by molar-refractivity contribution is 7.88. The van der Waals surface area contributed by atoms with Crippen LogP contribution in [0.1, 0.15) is 30.9 Å². The van der Waals surface area contributed by atoms with Crippen LogP contribution in [-0.2, 0) is 25.3 Å². The van der Waals surface area contributed by atoms with Crippen LogP contribution in [0.15, 0.2) is 24.3 Å². The number of ether oxygens (including phenoxy) is 1. The number of carbonyl (C=O) groups excluding carboxylic acids is 2. The maximum atomic E-state index is 12.9. The van der Waals surface area contributed by atoms with Gasteiger partial charge in [-0.1, -0.05) is 24.3 Å². The summed E-state index contributed by atoms with van der Waals surface area (Å²) in [6, 6.07) is 7.51. The zero-order valence-electron chi connectivity index (χ0n) is 17.7. The second-order valence-electron chi connectivity index (χ2n) is 7.87. The average Bonchev–Trinajstić information content (AvgIpc) is 2.75. The van der Waals surface area contributed by atoms with Gasteiger partial charge in [-0.25, -0.2) is 17.5 Å². The van der Waals surface area contributed by atoms with Gasteiger partial charge in [0.1, 0.15) is 0 Å². The summed E-state index contributed by atoms with van der Waals surface area (Å²) in [5.74, 6) is -0.104. The molecule has 0 bridgehead atoms. The van der Waals surface area contributed by atoms with E-state index in [9.17, 15) is 18.0 Å². The molecule has 2 aliphatic heterocycles. The number of piperidine rings is 1. The standard InChI is InChI=1S/C21H31N3O5S/c1-3-29-21(26)23-14-12-22(13-15-23)20(25)18-8-10-24(11-9-18)30(27,28)16-19-7-5-4-6-17(19)2/h4-7,18H,3,8-16H2,1-2H3. The first-order valence-electron chi connectivity index (χ1n) is 10.5. The van der Waals surface area contributed by atoms with Gasteiger partial charge in [0.15, 0.2) is 0 Å². The van der Waals surface area contributed by atoms with Crippen LogP contribution in [0.4, 0.5) is 4.79 Å². The number of hydrogen-bond donors (Lipinski definition) is 0. The number of rotatable bonds is 5. The van der Waals surface area contributed by atoms with E-state index in [4.69, 9.17) is 4.74 Å². The van der Waals surface area contributed by atoms with Gasteiger partial charge in [-0.3, -0.25) is 4.79 Å². The first kappa shape index (κ1) is 22.6. The van der Waals surface area contributed by atoms with Crippen LogP contribution in [0.25, 0.3) is 0 Å². The molecule has 2 amide bonds. The van der Waals surface area contributed by atoms with Gasteiger partial charge in [-0.15, -0.1) is 0 Å². The van der Waals surface area contributed by atoms with Crippen LogP contribution in [0, 0.1) is 12.8 Å². The summed E-state index contributed by atoms with van der Waals surface area (Å²) in [6.45, 7) is 6.67. The number of nitrogens with zero attached hydrogens (tertiary/aromatic N) is 3. The number of carbonyl (C=O) groups is 2. The zero-order chi connectivity index (χ0) is 21.7. The fourth-order valence-corrected chi connectivity index (χ4v) is 5.69. The minimum Gasteiger partial charge on any atom is -0.450 e. The summed E-state index contributed by atoms with van der Waals surface area (Å²) in [5, 5.41) is 0. The number of aryl methyl sites for hydroxylation is 1. The first-order chi connectivity index (χ1) is 14.3. The maximum Gasteiger partial charge on any atom is 0.409 e. The topological polar surface area (TPSA) is 87.2 Å². The Bertz CT molecular complexity index is 857. The van der Waals surface area contributed by atoms with Gasteiger partial charge < -0.3 is 14.5 Å². The number of piperazine rings is 1. The second-order valence-corrected chi connectivity index (χ2v) is 9.84. The largest absolute Gasteiger partial charge is 0.450 e. The number of hydrogen-bond acceptors (Lipinski definition) is 5. The second kappa shape index (κ2) is 9.78. The molecule has 2 saturated heterocycles. The average molecular weight is 438 g/mol. The van der Waals surface area contributed by atoms with Crippen molar-refractivity contribution >= 4 is 22.0 Å². The summed E-state index contributed by atoms with van der Waals surface area (Å²) in [7, 11) is -3.40. The third-order valence-electron chi connectivity index (χ3n) is 5.91. The van der Waals surface area contributed by atoms with Crippen molar-refractivity contribution in [2.75, 3.05) is 45.9 Å². The Morgan fingerprint density at radius 1 is 1.00 bits per heavy atom. The minimum absolute atomic E-state index is 0.00585. The van der Waals surface area contributed by atoms with E-state index in [0.717, 1.165) is 11.1 Å². The van der Waals surface area contributed by atoms with Gasteiger partial charge in [-0.2, -0.15) is 0 Å². The van der Waals surface area contributed by atoms with Gasteiger partial charge in [0.05, 0.1) is 12.4 Å². The molecule has 0 radical (unpaired) electrons. The van der Waals surface area contributed by atoms with E-state index in [-0.39, 0.29) is 23.7 Å². The van der Waals surface area contributed by atoms with Gasteiger partial charge in [-0.05, 0) is 37.8 Å². The molecule has 30 heavy (non-hydrogen) atoms. The molecule has 1 aromatic carbocycles. The number of amides is 2. The van der Waals surface area contributed by atoms with E-state index in [1.54, 1.807) is 16.7 Å². The molecule has 0 saturated carbocycles. The summed E-state index contributed by atoms with van der Waals surface area (Å²) in [5.41, 5.74) is 1.78. The highest BCUT2D eigenvalue weighted by Crippen LogP contribution is 2.24. The lowest BCUT2D eigenvalue weighted by Gasteiger charge is -2.38. The zero-order valence-corrected chi connectivity index (χ0v) is 18.6. The Hall–Kier alpha value is -2.13. The fourth-order valence-electron chi connectivity index (χ4n) is 4.02. The van der Waals surface area contributed by atoms with Gasteiger partial charge in [0.2, 0.25) is 15.9 Å². The van der Waals surface area contributed by atoms with Crippen LogP contribution in [0.5, 0.6) is 0 Å². The lowest BCUT2D eigenvalue weighted by molar-refractivity contribution is -0.138. The van der Waals surface area contributed by atoms with Crippen LogP contribution in [-0.4, -0.2) is 80.4 Å². The Morgan fingerprint density at radius 3 is 2.20 bits per heavy atom. The predicted octanol–water partition coefficient (Wildman–Crippen LogP) is 1.84. The smallest absolute Gasteiger partial charge is 0.409 e. The fraction of sp³-hybridized carbons (Fsp3) is 0.619. The van der Waals surface area contributed by atoms with E-state index in [1.807, 2.05) is 31.2 Å². The van der Waals surface area contributed by atoms with E-state index < -0.39 is 10.0 Å². The third-order valence-corrected chi connectivity index (χ3v) is 7.74. The predicted molar refractivity (Wildman–Crippen MR) is 113 cm³/mol. The lowest BCUT2D eigenvalue weighted by atomic mass is 9.96. The third kappa shape index (κ3) is 5.31. The summed E-state index contributed by atoms with van der Waals surface area (Å²) in [6.07, 6.45) is 0.727. The maximum absolute atomic E-state index is 12.9. The Kier molecular flexibility index (Phi) is 7.36. The quantitative estimate of drug-likeness (QED) is 0.702. The van der Waals surface area contributed by atoms with Crippen molar-refractivity contribution in [3.63, 3.8) is 0 Å². The Labute approximate surface area is 178 Å². The molecule has 0 unspecified atom stereocenters. The molecule has 0 N–H and O–H groups in total. The Balaban J connectivity index is 1.50. The van der Waals surface area contributed by atoms with Crippen molar-refractivity contribution in [3.05, 3.63) is 35.4 Å². The van der Waals surface area contributed by atoms with E-state index in [1.165, 1.54) is 4.31 Å². The molecule has 0 spiro atoms. The Morgan fingerprint density at radius 2 is 1.60 bits per heavy atom. The molecule has 3 rings (SSSR count). The summed E-state index contributed by atoms with van der Waals surface area (Å²) in [4.78, 5) is 28.1. The van der Waals surface area contributed by atoms with Crippen molar-refractivity contribution in [3.8, 4) is 0 Å². The molecule has 0 atom stereocenters. The van der Waals surface area contributed by atoms with Crippen LogP contribution in [0.2, 0.25) is 0 Å². The van der Waals surface area contributed by atoms with Crippen molar-refractivity contribution in [2.24, 2.45) is 5.92 Å². The van der Waals surface area contributed by atoms with Crippen LogP contribution < -0.4 is 0 Å². The molecular weight excluding hydrogens is 406 g/mol. The SMILES string of the molecule is CCOC(=O)N1CCN(C(=O)C2CCN(S(=O)(=O)Cc3ccccc3C)CC2)CC1. The van der Waals surface area contributed by atoms with E-state index in [2.05, 4.69) is 0 Å². The van der Waals surface area contributed by atoms with Crippen molar-refractivity contribution < 1.29 is 22.7 Å². The van der Waals surface area contributed by atoms with Gasteiger partial charge >= 0.3 is 6.09 Å². The highest BCUT2D eigenvalue weighted by atomic mass is 32.2. The van der Waals surface area contributed by atoms with Crippen LogP contribution in [0.3, 0.4) is 0 Å². The van der Waals surface area contributed by atoms with Crippen molar-refractivity contribution in [2.45, 2.75) is 32.4 Å². The molecule has 166 valence electrons. The van der Waals surface area contributed by atoms with Crippen molar-refractivity contribution in [1.82, 2.24) is 14.1 Å². The molecular formula is C21H31N3O5S. The normalized spacial score (nSPS) is 19.0. The van der Waals surface area contributed by atoms with Crippen molar-refractivity contribution in [1.29, 1.82) is 0 Å². The first-order valence-corrected chi connectivity index (χ1v) is 12.2. The van der Waals surface area contributed by atoms with Gasteiger partial charge in [0.25, 0.3) is 0 Å². The number of benzene rings is 1. The molecule has 2 aliphatic rings.